The minimum absolute atomic E-state index is 0.139. The van der Waals surface area contributed by atoms with E-state index in [2.05, 4.69) is 0 Å². The minimum atomic E-state index is -0.405. The number of benzene rings is 2. The standard InChI is InChI=1S/C23H28O4/c1-14(24)27-17-10-8-15(9-11-17)20(25)16-12-18(22(2,3)4)21(26)19(13-16)23(5,6)7/h8-13,26H,1-7H3. The first-order valence-electron chi connectivity index (χ1n) is 9.02. The zero-order valence-electron chi connectivity index (χ0n) is 17.1. The summed E-state index contributed by atoms with van der Waals surface area (Å²) < 4.78 is 5.01. The number of phenols is 1. The van der Waals surface area contributed by atoms with Gasteiger partial charge in [0.25, 0.3) is 0 Å². The number of ketones is 1. The first-order valence-corrected chi connectivity index (χ1v) is 9.02. The molecule has 0 atom stereocenters. The number of rotatable bonds is 3. The summed E-state index contributed by atoms with van der Waals surface area (Å²) in [6.07, 6.45) is 0. The Morgan fingerprint density at radius 2 is 1.26 bits per heavy atom. The van der Waals surface area contributed by atoms with E-state index in [1.165, 1.54) is 6.92 Å². The molecule has 0 fully saturated rings. The highest BCUT2D eigenvalue weighted by atomic mass is 16.5. The molecule has 0 aromatic heterocycles. The Balaban J connectivity index is 2.54. The molecule has 0 saturated heterocycles. The van der Waals surface area contributed by atoms with Crippen molar-refractivity contribution in [1.82, 2.24) is 0 Å². The highest BCUT2D eigenvalue weighted by molar-refractivity contribution is 6.09. The molecule has 0 amide bonds. The van der Waals surface area contributed by atoms with Gasteiger partial charge in [0.15, 0.2) is 5.78 Å². The van der Waals surface area contributed by atoms with Crippen molar-refractivity contribution in [2.45, 2.75) is 59.3 Å². The molecule has 2 aromatic carbocycles. The number of hydrogen-bond donors (Lipinski definition) is 1. The smallest absolute Gasteiger partial charge is 0.308 e. The van der Waals surface area contributed by atoms with E-state index in [9.17, 15) is 14.7 Å². The predicted molar refractivity (Wildman–Crippen MR) is 107 cm³/mol. The molecule has 4 nitrogen and oxygen atoms in total. The van der Waals surface area contributed by atoms with Crippen LogP contribution in [0.25, 0.3) is 0 Å². The topological polar surface area (TPSA) is 63.6 Å². The molecule has 2 rings (SSSR count). The molecule has 1 N–H and O–H groups in total. The molecular weight excluding hydrogens is 340 g/mol. The van der Waals surface area contributed by atoms with Gasteiger partial charge < -0.3 is 9.84 Å². The van der Waals surface area contributed by atoms with Crippen LogP contribution in [0.3, 0.4) is 0 Å². The highest BCUT2D eigenvalue weighted by Crippen LogP contribution is 2.40. The summed E-state index contributed by atoms with van der Waals surface area (Å²) in [4.78, 5) is 24.1. The van der Waals surface area contributed by atoms with Crippen LogP contribution in [0.4, 0.5) is 0 Å². The van der Waals surface area contributed by atoms with Gasteiger partial charge >= 0.3 is 5.97 Å². The van der Waals surface area contributed by atoms with E-state index in [4.69, 9.17) is 4.74 Å². The van der Waals surface area contributed by atoms with E-state index in [1.54, 1.807) is 36.4 Å². The first kappa shape index (κ1) is 20.7. The number of phenolic OH excluding ortho intramolecular Hbond substituents is 1. The van der Waals surface area contributed by atoms with Crippen LogP contribution in [0.1, 0.15) is 75.5 Å². The van der Waals surface area contributed by atoms with Gasteiger partial charge in [-0.1, -0.05) is 41.5 Å². The van der Waals surface area contributed by atoms with E-state index < -0.39 is 5.97 Å². The van der Waals surface area contributed by atoms with Gasteiger partial charge in [-0.3, -0.25) is 9.59 Å². The summed E-state index contributed by atoms with van der Waals surface area (Å²) in [6.45, 7) is 13.4. The van der Waals surface area contributed by atoms with Gasteiger partial charge in [-0.15, -0.1) is 0 Å². The predicted octanol–water partition coefficient (Wildman–Crippen LogP) is 5.14. The zero-order chi connectivity index (χ0) is 20.6. The lowest BCUT2D eigenvalue weighted by molar-refractivity contribution is -0.131. The van der Waals surface area contributed by atoms with Gasteiger partial charge in [0.1, 0.15) is 11.5 Å². The van der Waals surface area contributed by atoms with Gasteiger partial charge in [-0.05, 0) is 47.2 Å². The summed E-state index contributed by atoms with van der Waals surface area (Å²) in [5, 5.41) is 10.8. The van der Waals surface area contributed by atoms with Crippen molar-refractivity contribution >= 4 is 11.8 Å². The summed E-state index contributed by atoms with van der Waals surface area (Å²) in [6, 6.07) is 10.0. The number of esters is 1. The van der Waals surface area contributed by atoms with E-state index in [0.717, 1.165) is 11.1 Å². The Labute approximate surface area is 161 Å². The second-order valence-electron chi connectivity index (χ2n) is 8.87. The molecular formula is C23H28O4. The number of aromatic hydroxyl groups is 1. The van der Waals surface area contributed by atoms with Crippen LogP contribution >= 0.6 is 0 Å². The van der Waals surface area contributed by atoms with Crippen molar-refractivity contribution < 1.29 is 19.4 Å². The lowest BCUT2D eigenvalue weighted by Crippen LogP contribution is -2.19. The fourth-order valence-electron chi connectivity index (χ4n) is 2.92. The van der Waals surface area contributed by atoms with Crippen LogP contribution in [-0.4, -0.2) is 16.9 Å². The first-order chi connectivity index (χ1) is 12.3. The molecule has 4 heteroatoms. The molecule has 0 saturated carbocycles. The molecule has 0 aliphatic rings. The zero-order valence-corrected chi connectivity index (χ0v) is 17.1. The Bertz CT molecular complexity index is 828. The van der Waals surface area contributed by atoms with Gasteiger partial charge in [-0.2, -0.15) is 0 Å². The molecule has 0 radical (unpaired) electrons. The second kappa shape index (κ2) is 7.18. The lowest BCUT2D eigenvalue weighted by atomic mass is 9.78. The van der Waals surface area contributed by atoms with Crippen LogP contribution < -0.4 is 4.74 Å². The van der Waals surface area contributed by atoms with Gasteiger partial charge in [0.05, 0.1) is 0 Å². The van der Waals surface area contributed by atoms with E-state index in [-0.39, 0.29) is 22.4 Å². The molecule has 0 heterocycles. The number of hydrogen-bond acceptors (Lipinski definition) is 4. The summed E-state index contributed by atoms with van der Waals surface area (Å²) in [7, 11) is 0. The van der Waals surface area contributed by atoms with Crippen molar-refractivity contribution in [3.63, 3.8) is 0 Å². The van der Waals surface area contributed by atoms with Crippen molar-refractivity contribution in [3.05, 3.63) is 58.7 Å². The molecule has 2 aromatic rings. The fraction of sp³-hybridized carbons (Fsp3) is 0.391. The van der Waals surface area contributed by atoms with Crippen LogP contribution in [-0.2, 0) is 15.6 Å². The summed E-state index contributed by atoms with van der Waals surface area (Å²) >= 11 is 0. The largest absolute Gasteiger partial charge is 0.507 e. The fourth-order valence-corrected chi connectivity index (χ4v) is 2.92. The number of carbonyl (C=O) groups excluding carboxylic acids is 2. The van der Waals surface area contributed by atoms with Crippen molar-refractivity contribution in [3.8, 4) is 11.5 Å². The Morgan fingerprint density at radius 1 is 0.815 bits per heavy atom. The van der Waals surface area contributed by atoms with E-state index in [1.807, 2.05) is 41.5 Å². The minimum Gasteiger partial charge on any atom is -0.507 e. The van der Waals surface area contributed by atoms with Crippen LogP contribution in [0.2, 0.25) is 0 Å². The highest BCUT2D eigenvalue weighted by Gasteiger charge is 2.28. The van der Waals surface area contributed by atoms with E-state index in [0.29, 0.717) is 16.9 Å². The second-order valence-corrected chi connectivity index (χ2v) is 8.87. The number of carbonyl (C=O) groups is 2. The van der Waals surface area contributed by atoms with Crippen LogP contribution in [0, 0.1) is 0 Å². The Hall–Kier alpha value is -2.62. The average Bonchev–Trinajstić information content (AvgIpc) is 2.52. The van der Waals surface area contributed by atoms with Gasteiger partial charge in [-0.25, -0.2) is 0 Å². The van der Waals surface area contributed by atoms with E-state index >= 15 is 0 Å². The maximum absolute atomic E-state index is 13.1. The van der Waals surface area contributed by atoms with Gasteiger partial charge in [0.2, 0.25) is 0 Å². The molecule has 0 bridgehead atoms. The third-order valence-corrected chi connectivity index (χ3v) is 4.37. The summed E-state index contributed by atoms with van der Waals surface area (Å²) in [5.41, 5.74) is 1.91. The molecule has 144 valence electrons. The molecule has 27 heavy (non-hydrogen) atoms. The Morgan fingerprint density at radius 3 is 1.63 bits per heavy atom. The van der Waals surface area contributed by atoms with Gasteiger partial charge in [0, 0.05) is 29.2 Å². The molecule has 0 unspecified atom stereocenters. The quantitative estimate of drug-likeness (QED) is 0.463. The molecule has 0 aliphatic heterocycles. The van der Waals surface area contributed by atoms with Crippen molar-refractivity contribution in [2.24, 2.45) is 0 Å². The van der Waals surface area contributed by atoms with Crippen LogP contribution in [0.15, 0.2) is 36.4 Å². The Kier molecular flexibility index (Phi) is 5.50. The molecule has 0 aliphatic carbocycles. The SMILES string of the molecule is CC(=O)Oc1ccc(C(=O)c2cc(C(C)(C)C)c(O)c(C(C)(C)C)c2)cc1. The number of ether oxygens (including phenoxy) is 1. The van der Waals surface area contributed by atoms with Crippen molar-refractivity contribution in [1.29, 1.82) is 0 Å². The maximum Gasteiger partial charge on any atom is 0.308 e. The lowest BCUT2D eigenvalue weighted by Gasteiger charge is -2.28. The third kappa shape index (κ3) is 4.76. The van der Waals surface area contributed by atoms with Crippen LogP contribution in [0.5, 0.6) is 11.5 Å². The third-order valence-electron chi connectivity index (χ3n) is 4.37. The normalized spacial score (nSPS) is 12.0. The van der Waals surface area contributed by atoms with Crippen molar-refractivity contribution in [2.75, 3.05) is 0 Å². The average molecular weight is 368 g/mol. The summed E-state index contributed by atoms with van der Waals surface area (Å²) in [5.74, 6) is 0.102. The maximum atomic E-state index is 13.1. The molecule has 0 spiro atoms. The monoisotopic (exact) mass is 368 g/mol.